The molecular formula is C20H26N4O3. The van der Waals surface area contributed by atoms with Gasteiger partial charge in [-0.1, -0.05) is 12.1 Å². The van der Waals surface area contributed by atoms with Gasteiger partial charge in [-0.3, -0.25) is 19.7 Å². The number of imide groups is 1. The van der Waals surface area contributed by atoms with Crippen LogP contribution in [-0.4, -0.2) is 47.3 Å². The maximum Gasteiger partial charge on any atom is 0.255 e. The monoisotopic (exact) mass is 370 g/mol. The van der Waals surface area contributed by atoms with Crippen molar-refractivity contribution in [1.82, 2.24) is 20.9 Å². The van der Waals surface area contributed by atoms with Crippen molar-refractivity contribution in [1.29, 1.82) is 0 Å². The van der Waals surface area contributed by atoms with Gasteiger partial charge in [0.15, 0.2) is 0 Å². The van der Waals surface area contributed by atoms with Gasteiger partial charge in [0.05, 0.1) is 0 Å². The summed E-state index contributed by atoms with van der Waals surface area (Å²) in [5.74, 6) is -0.164. The second-order valence-electron chi connectivity index (χ2n) is 8.27. The lowest BCUT2D eigenvalue weighted by atomic mass is 9.83. The molecule has 3 aliphatic rings. The molecule has 1 aromatic carbocycles. The first-order valence-electron chi connectivity index (χ1n) is 9.58. The van der Waals surface area contributed by atoms with Crippen LogP contribution in [0.4, 0.5) is 0 Å². The van der Waals surface area contributed by atoms with E-state index in [1.807, 2.05) is 18.2 Å². The van der Waals surface area contributed by atoms with Crippen molar-refractivity contribution < 1.29 is 14.4 Å². The number of benzene rings is 1. The summed E-state index contributed by atoms with van der Waals surface area (Å²) in [5.41, 5.74) is 2.76. The Labute approximate surface area is 158 Å². The lowest BCUT2D eigenvalue weighted by Gasteiger charge is -2.42. The van der Waals surface area contributed by atoms with Crippen molar-refractivity contribution in [2.24, 2.45) is 5.92 Å². The van der Waals surface area contributed by atoms with E-state index in [9.17, 15) is 14.4 Å². The molecular weight excluding hydrogens is 344 g/mol. The molecule has 1 aromatic rings. The summed E-state index contributed by atoms with van der Waals surface area (Å²) in [7, 11) is 0. The Morgan fingerprint density at radius 1 is 1.22 bits per heavy atom. The smallest absolute Gasteiger partial charge is 0.255 e. The van der Waals surface area contributed by atoms with E-state index in [0.717, 1.165) is 24.2 Å². The number of fused-ring (bicyclic) bond motifs is 1. The van der Waals surface area contributed by atoms with Crippen molar-refractivity contribution >= 4 is 17.7 Å². The number of piperidine rings is 1. The molecule has 1 unspecified atom stereocenters. The fourth-order valence-corrected chi connectivity index (χ4v) is 4.08. The molecule has 1 atom stereocenters. The van der Waals surface area contributed by atoms with E-state index in [4.69, 9.17) is 0 Å². The Morgan fingerprint density at radius 2 is 2.00 bits per heavy atom. The maximum absolute atomic E-state index is 12.9. The van der Waals surface area contributed by atoms with E-state index in [1.54, 1.807) is 4.90 Å². The van der Waals surface area contributed by atoms with E-state index in [-0.39, 0.29) is 29.7 Å². The van der Waals surface area contributed by atoms with E-state index < -0.39 is 6.04 Å². The van der Waals surface area contributed by atoms with Crippen molar-refractivity contribution in [2.75, 3.05) is 13.1 Å². The number of amides is 3. The van der Waals surface area contributed by atoms with Crippen LogP contribution in [0.15, 0.2) is 18.2 Å². The lowest BCUT2D eigenvalue weighted by molar-refractivity contribution is -0.136. The summed E-state index contributed by atoms with van der Waals surface area (Å²) in [6.45, 7) is 7.57. The number of carbonyl (C=O) groups is 3. The molecule has 7 nitrogen and oxygen atoms in total. The van der Waals surface area contributed by atoms with Gasteiger partial charge in [-0.2, -0.15) is 0 Å². The second-order valence-corrected chi connectivity index (χ2v) is 8.27. The topological polar surface area (TPSA) is 90.5 Å². The molecule has 3 aliphatic heterocycles. The highest BCUT2D eigenvalue weighted by Gasteiger charge is 2.40. The minimum absolute atomic E-state index is 0.0138. The molecule has 2 saturated heterocycles. The number of rotatable bonds is 5. The van der Waals surface area contributed by atoms with E-state index in [2.05, 4.69) is 29.8 Å². The molecule has 0 saturated carbocycles. The van der Waals surface area contributed by atoms with E-state index in [1.165, 1.54) is 0 Å². The first-order chi connectivity index (χ1) is 12.9. The van der Waals surface area contributed by atoms with Gasteiger partial charge in [-0.25, -0.2) is 0 Å². The summed E-state index contributed by atoms with van der Waals surface area (Å²) >= 11 is 0. The predicted octanol–water partition coefficient (Wildman–Crippen LogP) is 0.535. The van der Waals surface area contributed by atoms with Gasteiger partial charge in [0.1, 0.15) is 6.04 Å². The largest absolute Gasteiger partial charge is 0.322 e. The summed E-state index contributed by atoms with van der Waals surface area (Å²) in [5, 5.41) is 9.29. The van der Waals surface area contributed by atoms with Crippen LogP contribution in [0.2, 0.25) is 0 Å². The van der Waals surface area contributed by atoms with Crippen LogP contribution in [0.1, 0.15) is 48.2 Å². The second kappa shape index (κ2) is 6.73. The third-order valence-electron chi connectivity index (χ3n) is 6.22. The van der Waals surface area contributed by atoms with Gasteiger partial charge in [-0.05, 0) is 37.5 Å². The zero-order chi connectivity index (χ0) is 19.2. The standard InChI is InChI=1S/C20H26N4O3/c1-20(2,13-9-21-10-13)22-8-12-4-3-5-14-15(12)11-24(19(14)27)16-6-7-17(25)23-18(16)26/h3-5,13,16,21-22H,6-11H2,1-2H3,(H,23,25,26). The zero-order valence-corrected chi connectivity index (χ0v) is 15.8. The third-order valence-corrected chi connectivity index (χ3v) is 6.22. The SMILES string of the molecule is CC(C)(NCc1cccc2c1CN(C1CCC(=O)NC1=O)C2=O)C1CNC1. The molecule has 0 aromatic heterocycles. The average molecular weight is 370 g/mol. The third kappa shape index (κ3) is 3.26. The highest BCUT2D eigenvalue weighted by Crippen LogP contribution is 2.30. The number of carbonyl (C=O) groups excluding carboxylic acids is 3. The molecule has 2 fully saturated rings. The normalized spacial score (nSPS) is 23.3. The van der Waals surface area contributed by atoms with Crippen molar-refractivity contribution in [3.05, 3.63) is 34.9 Å². The van der Waals surface area contributed by atoms with Crippen LogP contribution in [0, 0.1) is 5.92 Å². The minimum atomic E-state index is -0.569. The fraction of sp³-hybridized carbons (Fsp3) is 0.550. The van der Waals surface area contributed by atoms with Crippen molar-refractivity contribution in [3.63, 3.8) is 0 Å². The molecule has 3 N–H and O–H groups in total. The fourth-order valence-electron chi connectivity index (χ4n) is 4.08. The zero-order valence-electron chi connectivity index (χ0n) is 15.8. The van der Waals surface area contributed by atoms with Crippen LogP contribution in [0.3, 0.4) is 0 Å². The Hall–Kier alpha value is -2.25. The van der Waals surface area contributed by atoms with Crippen LogP contribution in [-0.2, 0) is 22.7 Å². The molecule has 0 radical (unpaired) electrons. The molecule has 144 valence electrons. The Bertz CT molecular complexity index is 800. The summed E-state index contributed by atoms with van der Waals surface area (Å²) in [6, 6.07) is 5.21. The van der Waals surface area contributed by atoms with E-state index >= 15 is 0 Å². The van der Waals surface area contributed by atoms with Gasteiger partial charge < -0.3 is 15.5 Å². The Morgan fingerprint density at radius 3 is 2.67 bits per heavy atom. The molecule has 3 amide bonds. The lowest BCUT2D eigenvalue weighted by Crippen LogP contribution is -2.59. The number of hydrogen-bond acceptors (Lipinski definition) is 5. The highest BCUT2D eigenvalue weighted by atomic mass is 16.2. The molecule has 0 aliphatic carbocycles. The quantitative estimate of drug-likeness (QED) is 0.658. The van der Waals surface area contributed by atoms with Crippen LogP contribution >= 0.6 is 0 Å². The maximum atomic E-state index is 12.9. The van der Waals surface area contributed by atoms with Crippen molar-refractivity contribution in [3.8, 4) is 0 Å². The van der Waals surface area contributed by atoms with Crippen molar-refractivity contribution in [2.45, 2.75) is 51.4 Å². The molecule has 27 heavy (non-hydrogen) atoms. The van der Waals surface area contributed by atoms with Gasteiger partial charge in [0.2, 0.25) is 11.8 Å². The van der Waals surface area contributed by atoms with Crippen LogP contribution < -0.4 is 16.0 Å². The molecule has 3 heterocycles. The Balaban J connectivity index is 1.50. The number of nitrogens with one attached hydrogen (secondary N) is 3. The molecule has 4 rings (SSSR count). The predicted molar refractivity (Wildman–Crippen MR) is 99.8 cm³/mol. The number of hydrogen-bond donors (Lipinski definition) is 3. The van der Waals surface area contributed by atoms with Gasteiger partial charge in [0.25, 0.3) is 5.91 Å². The van der Waals surface area contributed by atoms with Gasteiger partial charge >= 0.3 is 0 Å². The van der Waals surface area contributed by atoms with Gasteiger partial charge in [0, 0.05) is 49.6 Å². The molecule has 0 bridgehead atoms. The molecule has 0 spiro atoms. The van der Waals surface area contributed by atoms with Gasteiger partial charge in [-0.15, -0.1) is 0 Å². The summed E-state index contributed by atoms with van der Waals surface area (Å²) in [6.07, 6.45) is 0.661. The van der Waals surface area contributed by atoms with Crippen LogP contribution in [0.5, 0.6) is 0 Å². The highest BCUT2D eigenvalue weighted by molar-refractivity contribution is 6.05. The Kier molecular flexibility index (Phi) is 4.52. The summed E-state index contributed by atoms with van der Waals surface area (Å²) < 4.78 is 0. The number of nitrogens with zero attached hydrogens (tertiary/aromatic N) is 1. The average Bonchev–Trinajstić information content (AvgIpc) is 2.89. The first kappa shape index (κ1) is 18.1. The summed E-state index contributed by atoms with van der Waals surface area (Å²) in [4.78, 5) is 38.1. The molecule has 7 heteroatoms. The first-order valence-corrected chi connectivity index (χ1v) is 9.58. The van der Waals surface area contributed by atoms with Crippen LogP contribution in [0.25, 0.3) is 0 Å². The minimum Gasteiger partial charge on any atom is -0.322 e. The van der Waals surface area contributed by atoms with E-state index in [0.29, 0.717) is 31.0 Å².